The number of amides is 1. The summed E-state index contributed by atoms with van der Waals surface area (Å²) in [5, 5.41) is 3.36. The van der Waals surface area contributed by atoms with Crippen molar-refractivity contribution in [3.05, 3.63) is 18.0 Å². The standard InChI is InChI=1S/C14H23N5O/c1-10(2)5-16-6-11-7-17-14(18-8-11)19-4-3-12(9-19)13(15)20/h7-8,10,12,16H,3-6,9H2,1-2H3,(H2,15,20). The molecule has 2 rings (SSSR count). The lowest BCUT2D eigenvalue weighted by Crippen LogP contribution is -2.28. The zero-order chi connectivity index (χ0) is 14.5. The number of nitrogens with one attached hydrogen (secondary N) is 1. The minimum absolute atomic E-state index is 0.0778. The molecular formula is C14H23N5O. The maximum atomic E-state index is 11.2. The summed E-state index contributed by atoms with van der Waals surface area (Å²) in [4.78, 5) is 21.9. The quantitative estimate of drug-likeness (QED) is 0.792. The van der Waals surface area contributed by atoms with Gasteiger partial charge in [-0.3, -0.25) is 4.79 Å². The molecular weight excluding hydrogens is 254 g/mol. The molecule has 0 saturated carbocycles. The molecule has 0 radical (unpaired) electrons. The van der Waals surface area contributed by atoms with Crippen LogP contribution in [-0.4, -0.2) is 35.5 Å². The van der Waals surface area contributed by atoms with Crippen molar-refractivity contribution in [2.24, 2.45) is 17.6 Å². The molecule has 1 saturated heterocycles. The van der Waals surface area contributed by atoms with Crippen molar-refractivity contribution in [2.75, 3.05) is 24.5 Å². The summed E-state index contributed by atoms with van der Waals surface area (Å²) in [7, 11) is 0. The number of primary amides is 1. The number of nitrogens with two attached hydrogens (primary N) is 1. The zero-order valence-electron chi connectivity index (χ0n) is 12.2. The number of nitrogens with zero attached hydrogens (tertiary/aromatic N) is 3. The van der Waals surface area contributed by atoms with E-state index in [-0.39, 0.29) is 11.8 Å². The largest absolute Gasteiger partial charge is 0.369 e. The third-order valence-corrected chi connectivity index (χ3v) is 3.45. The monoisotopic (exact) mass is 277 g/mol. The van der Waals surface area contributed by atoms with Crippen LogP contribution in [0, 0.1) is 11.8 Å². The van der Waals surface area contributed by atoms with E-state index >= 15 is 0 Å². The molecule has 1 aromatic heterocycles. The molecule has 1 amide bonds. The van der Waals surface area contributed by atoms with Gasteiger partial charge in [0.15, 0.2) is 0 Å². The highest BCUT2D eigenvalue weighted by molar-refractivity contribution is 5.78. The lowest BCUT2D eigenvalue weighted by molar-refractivity contribution is -0.121. The predicted molar refractivity (Wildman–Crippen MR) is 78.1 cm³/mol. The Bertz CT molecular complexity index is 445. The number of carbonyl (C=O) groups excluding carboxylic acids is 1. The molecule has 1 aromatic rings. The van der Waals surface area contributed by atoms with Crippen LogP contribution in [0.1, 0.15) is 25.8 Å². The van der Waals surface area contributed by atoms with Crippen LogP contribution in [0.25, 0.3) is 0 Å². The third kappa shape index (κ3) is 3.90. The topological polar surface area (TPSA) is 84.1 Å². The maximum absolute atomic E-state index is 11.2. The minimum atomic E-state index is -0.234. The first kappa shape index (κ1) is 14.7. The normalized spacial score (nSPS) is 18.8. The summed E-state index contributed by atoms with van der Waals surface area (Å²) < 4.78 is 0. The molecule has 2 heterocycles. The Balaban J connectivity index is 1.87. The Kier molecular flexibility index (Phi) is 4.89. The molecule has 6 heteroatoms. The molecule has 1 aliphatic heterocycles. The summed E-state index contributed by atoms with van der Waals surface area (Å²) in [6.07, 6.45) is 4.47. The van der Waals surface area contributed by atoms with E-state index in [1.807, 2.05) is 17.3 Å². The molecule has 1 atom stereocenters. The van der Waals surface area contributed by atoms with E-state index in [1.165, 1.54) is 0 Å². The number of hydrogen-bond acceptors (Lipinski definition) is 5. The first-order valence-electron chi connectivity index (χ1n) is 7.12. The van der Waals surface area contributed by atoms with Gasteiger partial charge in [-0.05, 0) is 18.9 Å². The van der Waals surface area contributed by atoms with Crippen molar-refractivity contribution in [3.63, 3.8) is 0 Å². The van der Waals surface area contributed by atoms with Gasteiger partial charge >= 0.3 is 0 Å². The van der Waals surface area contributed by atoms with Crippen molar-refractivity contribution in [3.8, 4) is 0 Å². The van der Waals surface area contributed by atoms with Crippen LogP contribution in [0.15, 0.2) is 12.4 Å². The molecule has 1 aliphatic rings. The van der Waals surface area contributed by atoms with Gasteiger partial charge < -0.3 is 16.0 Å². The van der Waals surface area contributed by atoms with Crippen LogP contribution in [0.5, 0.6) is 0 Å². The van der Waals surface area contributed by atoms with Gasteiger partial charge in [0.25, 0.3) is 0 Å². The van der Waals surface area contributed by atoms with Crippen molar-refractivity contribution in [2.45, 2.75) is 26.8 Å². The predicted octanol–water partition coefficient (Wildman–Crippen LogP) is 0.534. The van der Waals surface area contributed by atoms with Gasteiger partial charge in [0.05, 0.1) is 5.92 Å². The van der Waals surface area contributed by atoms with E-state index in [0.29, 0.717) is 18.4 Å². The molecule has 1 unspecified atom stereocenters. The molecule has 1 fully saturated rings. The molecule has 110 valence electrons. The number of aromatic nitrogens is 2. The Morgan fingerprint density at radius 2 is 2.20 bits per heavy atom. The Morgan fingerprint density at radius 3 is 2.75 bits per heavy atom. The Labute approximate surface area is 119 Å². The van der Waals surface area contributed by atoms with Crippen LogP contribution in [0.3, 0.4) is 0 Å². The summed E-state index contributed by atoms with van der Waals surface area (Å²) in [6.45, 7) is 7.53. The van der Waals surface area contributed by atoms with E-state index in [0.717, 1.165) is 31.6 Å². The lowest BCUT2D eigenvalue weighted by Gasteiger charge is -2.15. The number of carbonyl (C=O) groups is 1. The van der Waals surface area contributed by atoms with Crippen molar-refractivity contribution in [1.82, 2.24) is 15.3 Å². The van der Waals surface area contributed by atoms with E-state index < -0.39 is 0 Å². The van der Waals surface area contributed by atoms with Crippen molar-refractivity contribution in [1.29, 1.82) is 0 Å². The van der Waals surface area contributed by atoms with Gasteiger partial charge in [-0.15, -0.1) is 0 Å². The van der Waals surface area contributed by atoms with Gasteiger partial charge in [0.2, 0.25) is 11.9 Å². The highest BCUT2D eigenvalue weighted by Gasteiger charge is 2.27. The fourth-order valence-electron chi connectivity index (χ4n) is 2.28. The fraction of sp³-hybridized carbons (Fsp3) is 0.643. The minimum Gasteiger partial charge on any atom is -0.369 e. The summed E-state index contributed by atoms with van der Waals surface area (Å²) in [6, 6.07) is 0. The summed E-state index contributed by atoms with van der Waals surface area (Å²) in [5.41, 5.74) is 6.40. The van der Waals surface area contributed by atoms with Crippen LogP contribution in [-0.2, 0) is 11.3 Å². The van der Waals surface area contributed by atoms with Gasteiger partial charge in [-0.25, -0.2) is 9.97 Å². The molecule has 0 aliphatic carbocycles. The van der Waals surface area contributed by atoms with Crippen molar-refractivity contribution >= 4 is 11.9 Å². The average Bonchev–Trinajstić information content (AvgIpc) is 2.89. The highest BCUT2D eigenvalue weighted by atomic mass is 16.1. The van der Waals surface area contributed by atoms with Crippen LogP contribution in [0.4, 0.5) is 5.95 Å². The number of anilines is 1. The second-order valence-electron chi connectivity index (χ2n) is 5.75. The van der Waals surface area contributed by atoms with E-state index in [4.69, 9.17) is 5.73 Å². The SMILES string of the molecule is CC(C)CNCc1cnc(N2CCC(C(N)=O)C2)nc1. The fourth-order valence-corrected chi connectivity index (χ4v) is 2.28. The van der Waals surface area contributed by atoms with Gasteiger partial charge in [0, 0.05) is 37.6 Å². The summed E-state index contributed by atoms with van der Waals surface area (Å²) in [5.74, 6) is 1.000. The van der Waals surface area contributed by atoms with E-state index in [2.05, 4.69) is 29.1 Å². The lowest BCUT2D eigenvalue weighted by atomic mass is 10.1. The van der Waals surface area contributed by atoms with E-state index in [1.54, 1.807) is 0 Å². The molecule has 3 N–H and O–H groups in total. The Morgan fingerprint density at radius 1 is 1.50 bits per heavy atom. The Hall–Kier alpha value is -1.69. The summed E-state index contributed by atoms with van der Waals surface area (Å²) >= 11 is 0. The van der Waals surface area contributed by atoms with Crippen molar-refractivity contribution < 1.29 is 4.79 Å². The highest BCUT2D eigenvalue weighted by Crippen LogP contribution is 2.20. The van der Waals surface area contributed by atoms with Crippen LogP contribution < -0.4 is 16.0 Å². The molecule has 20 heavy (non-hydrogen) atoms. The van der Waals surface area contributed by atoms with Gasteiger partial charge in [-0.1, -0.05) is 13.8 Å². The first-order chi connectivity index (χ1) is 9.56. The van der Waals surface area contributed by atoms with Crippen LogP contribution in [0.2, 0.25) is 0 Å². The van der Waals surface area contributed by atoms with Gasteiger partial charge in [-0.2, -0.15) is 0 Å². The third-order valence-electron chi connectivity index (χ3n) is 3.45. The van der Waals surface area contributed by atoms with Crippen LogP contribution >= 0.6 is 0 Å². The smallest absolute Gasteiger partial charge is 0.225 e. The molecule has 0 aromatic carbocycles. The number of rotatable bonds is 6. The van der Waals surface area contributed by atoms with Gasteiger partial charge in [0.1, 0.15) is 0 Å². The second-order valence-corrected chi connectivity index (χ2v) is 5.75. The average molecular weight is 277 g/mol. The van der Waals surface area contributed by atoms with E-state index in [9.17, 15) is 4.79 Å². The second kappa shape index (κ2) is 6.65. The molecule has 0 spiro atoms. The first-order valence-corrected chi connectivity index (χ1v) is 7.12. The molecule has 6 nitrogen and oxygen atoms in total. The zero-order valence-corrected chi connectivity index (χ0v) is 12.2. The number of hydrogen-bond donors (Lipinski definition) is 2. The molecule has 0 bridgehead atoms. The maximum Gasteiger partial charge on any atom is 0.225 e.